The van der Waals surface area contributed by atoms with Crippen LogP contribution in [0.1, 0.15) is 32.3 Å². The van der Waals surface area contributed by atoms with E-state index in [2.05, 4.69) is 44.1 Å². The number of amides is 2. The van der Waals surface area contributed by atoms with Gasteiger partial charge in [-0.15, -0.1) is 0 Å². The van der Waals surface area contributed by atoms with Crippen LogP contribution in [0.15, 0.2) is 57.5 Å². The van der Waals surface area contributed by atoms with Crippen molar-refractivity contribution in [2.24, 2.45) is 0 Å². The van der Waals surface area contributed by atoms with Crippen LogP contribution < -0.4 is 10.1 Å². The van der Waals surface area contributed by atoms with Crippen LogP contribution in [-0.2, 0) is 16.1 Å². The molecule has 0 radical (unpaired) electrons. The summed E-state index contributed by atoms with van der Waals surface area (Å²) in [5, 5.41) is 2.91. The molecule has 2 aromatic rings. The van der Waals surface area contributed by atoms with Crippen LogP contribution in [-0.4, -0.2) is 35.9 Å². The van der Waals surface area contributed by atoms with Crippen LogP contribution in [0.5, 0.6) is 5.75 Å². The zero-order valence-electron chi connectivity index (χ0n) is 16.7. The molecule has 0 saturated heterocycles. The highest BCUT2D eigenvalue weighted by atomic mass is 79.9. The Hall–Kier alpha value is -1.86. The minimum absolute atomic E-state index is 0.137. The molecule has 1 atom stereocenters. The Balaban J connectivity index is 2.10. The minimum atomic E-state index is -0.605. The molecule has 156 valence electrons. The molecule has 0 heterocycles. The zero-order valence-corrected chi connectivity index (χ0v) is 19.8. The van der Waals surface area contributed by atoms with Crippen molar-refractivity contribution in [3.05, 3.63) is 63.0 Å². The van der Waals surface area contributed by atoms with E-state index in [0.717, 1.165) is 27.4 Å². The average molecular weight is 526 g/mol. The minimum Gasteiger partial charge on any atom is -0.484 e. The van der Waals surface area contributed by atoms with E-state index in [1.54, 1.807) is 24.0 Å². The molecule has 2 rings (SSSR count). The molecule has 0 aliphatic rings. The molecule has 2 amide bonds. The Morgan fingerprint density at radius 2 is 1.83 bits per heavy atom. The molecule has 0 aliphatic heterocycles. The van der Waals surface area contributed by atoms with E-state index in [-0.39, 0.29) is 18.4 Å². The topological polar surface area (TPSA) is 58.6 Å². The number of rotatable bonds is 10. The number of halogens is 2. The largest absolute Gasteiger partial charge is 0.484 e. The molecule has 5 nitrogen and oxygen atoms in total. The van der Waals surface area contributed by atoms with Crippen molar-refractivity contribution in [1.82, 2.24) is 10.2 Å². The predicted octanol–water partition coefficient (Wildman–Crippen LogP) is 4.92. The van der Waals surface area contributed by atoms with Crippen molar-refractivity contribution in [1.29, 1.82) is 0 Å². The normalized spacial score (nSPS) is 11.6. The van der Waals surface area contributed by atoms with Crippen LogP contribution in [0.25, 0.3) is 0 Å². The van der Waals surface area contributed by atoms with Crippen molar-refractivity contribution >= 4 is 43.7 Å². The van der Waals surface area contributed by atoms with Gasteiger partial charge in [0, 0.05) is 22.0 Å². The summed E-state index contributed by atoms with van der Waals surface area (Å²) in [4.78, 5) is 27.1. The Morgan fingerprint density at radius 3 is 2.48 bits per heavy atom. The first-order valence-corrected chi connectivity index (χ1v) is 11.2. The summed E-state index contributed by atoms with van der Waals surface area (Å²) in [6, 6.07) is 14.4. The van der Waals surface area contributed by atoms with Gasteiger partial charge in [0.2, 0.25) is 5.91 Å². The number of unbranched alkanes of at least 4 members (excludes halogenated alkanes) is 1. The summed E-state index contributed by atoms with van der Waals surface area (Å²) in [6.45, 7) is 4.61. The van der Waals surface area contributed by atoms with Crippen molar-refractivity contribution in [3.63, 3.8) is 0 Å². The summed E-state index contributed by atoms with van der Waals surface area (Å²) < 4.78 is 7.50. The molecule has 0 aromatic heterocycles. The van der Waals surface area contributed by atoms with E-state index in [1.165, 1.54) is 0 Å². The van der Waals surface area contributed by atoms with Crippen LogP contribution >= 0.6 is 31.9 Å². The van der Waals surface area contributed by atoms with Gasteiger partial charge in [-0.05, 0) is 55.3 Å². The van der Waals surface area contributed by atoms with Crippen LogP contribution in [0.2, 0.25) is 0 Å². The second kappa shape index (κ2) is 12.0. The summed E-state index contributed by atoms with van der Waals surface area (Å²) >= 11 is 6.83. The molecule has 1 N–H and O–H groups in total. The molecule has 0 fully saturated rings. The maximum atomic E-state index is 12.9. The smallest absolute Gasteiger partial charge is 0.261 e. The van der Waals surface area contributed by atoms with Gasteiger partial charge in [-0.1, -0.05) is 57.3 Å². The highest BCUT2D eigenvalue weighted by Gasteiger charge is 2.26. The molecule has 0 aliphatic carbocycles. The van der Waals surface area contributed by atoms with Gasteiger partial charge < -0.3 is 15.0 Å². The van der Waals surface area contributed by atoms with E-state index in [1.807, 2.05) is 36.4 Å². The standard InChI is InChI=1S/C22H26Br2N2O3/c1-3-4-12-25-22(28)16(2)26(14-17-6-5-7-19(24)13-17)21(27)15-29-20-10-8-18(23)9-11-20/h5-11,13,16H,3-4,12,14-15H2,1-2H3,(H,25,28). The lowest BCUT2D eigenvalue weighted by Gasteiger charge is -2.28. The van der Waals surface area contributed by atoms with E-state index in [9.17, 15) is 9.59 Å². The lowest BCUT2D eigenvalue weighted by molar-refractivity contribution is -0.142. The Morgan fingerprint density at radius 1 is 1.10 bits per heavy atom. The number of hydrogen-bond donors (Lipinski definition) is 1. The van der Waals surface area contributed by atoms with Crippen molar-refractivity contribution in [2.75, 3.05) is 13.2 Å². The first-order chi connectivity index (χ1) is 13.9. The molecule has 2 aromatic carbocycles. The van der Waals surface area contributed by atoms with Crippen LogP contribution in [0.4, 0.5) is 0 Å². The Kier molecular flexibility index (Phi) is 9.67. The zero-order chi connectivity index (χ0) is 21.2. The maximum absolute atomic E-state index is 12.9. The van der Waals surface area contributed by atoms with E-state index in [0.29, 0.717) is 18.8 Å². The second-order valence-corrected chi connectivity index (χ2v) is 8.55. The predicted molar refractivity (Wildman–Crippen MR) is 122 cm³/mol. The number of benzene rings is 2. The van der Waals surface area contributed by atoms with Gasteiger partial charge >= 0.3 is 0 Å². The molecule has 7 heteroatoms. The van der Waals surface area contributed by atoms with E-state index < -0.39 is 6.04 Å². The van der Waals surface area contributed by atoms with Gasteiger partial charge in [0.05, 0.1) is 0 Å². The van der Waals surface area contributed by atoms with Gasteiger partial charge in [-0.3, -0.25) is 9.59 Å². The van der Waals surface area contributed by atoms with Crippen LogP contribution in [0.3, 0.4) is 0 Å². The fourth-order valence-corrected chi connectivity index (χ4v) is 3.42. The van der Waals surface area contributed by atoms with E-state index >= 15 is 0 Å². The van der Waals surface area contributed by atoms with Gasteiger partial charge in [-0.25, -0.2) is 0 Å². The van der Waals surface area contributed by atoms with Gasteiger partial charge in [0.1, 0.15) is 11.8 Å². The summed E-state index contributed by atoms with van der Waals surface area (Å²) in [5.74, 6) is 0.195. The third kappa shape index (κ3) is 7.82. The quantitative estimate of drug-likeness (QED) is 0.448. The first-order valence-electron chi connectivity index (χ1n) is 9.60. The molecule has 29 heavy (non-hydrogen) atoms. The molecule has 0 saturated carbocycles. The second-order valence-electron chi connectivity index (χ2n) is 6.71. The number of hydrogen-bond acceptors (Lipinski definition) is 3. The highest BCUT2D eigenvalue weighted by Crippen LogP contribution is 2.18. The monoisotopic (exact) mass is 524 g/mol. The molecular formula is C22H26Br2N2O3. The molecule has 0 bridgehead atoms. The summed E-state index contributed by atoms with van der Waals surface area (Å²) in [6.07, 6.45) is 1.90. The number of carbonyl (C=O) groups is 2. The highest BCUT2D eigenvalue weighted by molar-refractivity contribution is 9.10. The summed E-state index contributed by atoms with van der Waals surface area (Å²) in [7, 11) is 0. The van der Waals surface area contributed by atoms with Gasteiger partial charge in [0.15, 0.2) is 6.61 Å². The summed E-state index contributed by atoms with van der Waals surface area (Å²) in [5.41, 5.74) is 0.935. The Labute approximate surface area is 189 Å². The Bertz CT molecular complexity index is 812. The third-order valence-corrected chi connectivity index (χ3v) is 5.44. The number of ether oxygens (including phenoxy) is 1. The molecule has 0 spiro atoms. The van der Waals surface area contributed by atoms with E-state index in [4.69, 9.17) is 4.74 Å². The van der Waals surface area contributed by atoms with Crippen molar-refractivity contribution in [3.8, 4) is 5.75 Å². The third-order valence-electron chi connectivity index (χ3n) is 4.41. The lowest BCUT2D eigenvalue weighted by Crippen LogP contribution is -2.49. The average Bonchev–Trinajstić information content (AvgIpc) is 2.71. The van der Waals surface area contributed by atoms with Gasteiger partial charge in [-0.2, -0.15) is 0 Å². The van der Waals surface area contributed by atoms with Crippen molar-refractivity contribution < 1.29 is 14.3 Å². The molecular weight excluding hydrogens is 500 g/mol. The molecule has 1 unspecified atom stereocenters. The number of carbonyl (C=O) groups excluding carboxylic acids is 2. The lowest BCUT2D eigenvalue weighted by atomic mass is 10.1. The van der Waals surface area contributed by atoms with Gasteiger partial charge in [0.25, 0.3) is 5.91 Å². The fraction of sp³-hybridized carbons (Fsp3) is 0.364. The van der Waals surface area contributed by atoms with Crippen molar-refractivity contribution in [2.45, 2.75) is 39.3 Å². The van der Waals surface area contributed by atoms with Crippen LogP contribution in [0, 0.1) is 0 Å². The SMILES string of the molecule is CCCCNC(=O)C(C)N(Cc1cccc(Br)c1)C(=O)COc1ccc(Br)cc1. The number of nitrogens with one attached hydrogen (secondary N) is 1. The maximum Gasteiger partial charge on any atom is 0.261 e. The number of nitrogens with zero attached hydrogens (tertiary/aromatic N) is 1. The fourth-order valence-electron chi connectivity index (χ4n) is 2.71. The first kappa shape index (κ1) is 23.4.